The van der Waals surface area contributed by atoms with Crippen molar-refractivity contribution in [3.8, 4) is 5.69 Å². The number of aromatic nitrogens is 4. The van der Waals surface area contributed by atoms with Gasteiger partial charge in [-0.25, -0.2) is 9.67 Å². The van der Waals surface area contributed by atoms with Gasteiger partial charge in [0.15, 0.2) is 5.69 Å². The summed E-state index contributed by atoms with van der Waals surface area (Å²) in [5.74, 6) is 0.240. The third kappa shape index (κ3) is 3.17. The molecule has 2 aromatic carbocycles. The van der Waals surface area contributed by atoms with Crippen molar-refractivity contribution < 1.29 is 4.79 Å². The molecular formula is C22H23N5O. The zero-order valence-corrected chi connectivity index (χ0v) is 16.5. The van der Waals surface area contributed by atoms with Crippen molar-refractivity contribution in [1.29, 1.82) is 0 Å². The van der Waals surface area contributed by atoms with Gasteiger partial charge >= 0.3 is 0 Å². The molecule has 1 N–H and O–H groups in total. The highest BCUT2D eigenvalue weighted by Gasteiger charge is 2.23. The van der Waals surface area contributed by atoms with E-state index in [-0.39, 0.29) is 11.4 Å². The number of nitrogens with zero attached hydrogens (tertiary/aromatic N) is 4. The summed E-state index contributed by atoms with van der Waals surface area (Å²) in [4.78, 5) is 17.6. The quantitative estimate of drug-likeness (QED) is 0.573. The van der Waals surface area contributed by atoms with Crippen LogP contribution in [0.15, 0.2) is 60.7 Å². The molecule has 142 valence electrons. The number of carbonyl (C=O) groups excluding carboxylic acids is 1. The highest BCUT2D eigenvalue weighted by molar-refractivity contribution is 6.03. The topological polar surface area (TPSA) is 64.7 Å². The van der Waals surface area contributed by atoms with Crippen LogP contribution in [0, 0.1) is 6.92 Å². The van der Waals surface area contributed by atoms with E-state index in [1.165, 1.54) is 0 Å². The van der Waals surface area contributed by atoms with E-state index >= 15 is 0 Å². The van der Waals surface area contributed by atoms with Gasteiger partial charge in [-0.2, -0.15) is 5.10 Å². The number of amides is 1. The van der Waals surface area contributed by atoms with Crippen LogP contribution in [0.2, 0.25) is 0 Å². The minimum Gasteiger partial charge on any atom is -0.305 e. The van der Waals surface area contributed by atoms with Crippen LogP contribution in [-0.4, -0.2) is 25.2 Å². The lowest BCUT2D eigenvalue weighted by Crippen LogP contribution is -2.26. The summed E-state index contributed by atoms with van der Waals surface area (Å²) in [5.41, 5.74) is 3.75. The number of aryl methyl sites for hydroxylation is 1. The van der Waals surface area contributed by atoms with Crippen molar-refractivity contribution in [3.05, 3.63) is 72.1 Å². The van der Waals surface area contributed by atoms with Crippen molar-refractivity contribution in [1.82, 2.24) is 19.3 Å². The number of rotatable bonds is 3. The molecule has 1 amide bonds. The molecule has 2 aromatic heterocycles. The minimum absolute atomic E-state index is 0.238. The monoisotopic (exact) mass is 373 g/mol. The lowest BCUT2D eigenvalue weighted by molar-refractivity contribution is 0.102. The number of para-hydroxylation sites is 3. The van der Waals surface area contributed by atoms with Crippen LogP contribution in [-0.2, 0) is 5.54 Å². The van der Waals surface area contributed by atoms with Gasteiger partial charge in [-0.1, -0.05) is 30.3 Å². The Bertz CT molecular complexity index is 1150. The van der Waals surface area contributed by atoms with Gasteiger partial charge in [0.05, 0.1) is 16.7 Å². The van der Waals surface area contributed by atoms with E-state index in [1.807, 2.05) is 66.1 Å². The van der Waals surface area contributed by atoms with E-state index in [4.69, 9.17) is 0 Å². The molecule has 2 heterocycles. The maximum absolute atomic E-state index is 12.9. The summed E-state index contributed by atoms with van der Waals surface area (Å²) in [6, 6.07) is 19.4. The molecule has 6 heteroatoms. The van der Waals surface area contributed by atoms with Crippen LogP contribution in [0.1, 0.15) is 37.0 Å². The summed E-state index contributed by atoms with van der Waals surface area (Å²) in [5, 5.41) is 7.44. The zero-order valence-electron chi connectivity index (χ0n) is 16.5. The van der Waals surface area contributed by atoms with E-state index in [0.29, 0.717) is 11.6 Å². The van der Waals surface area contributed by atoms with Crippen molar-refractivity contribution >= 4 is 22.9 Å². The van der Waals surface area contributed by atoms with E-state index in [9.17, 15) is 4.79 Å². The number of benzene rings is 2. The number of anilines is 1. The highest BCUT2D eigenvalue weighted by atomic mass is 16.2. The largest absolute Gasteiger partial charge is 0.305 e. The fourth-order valence-corrected chi connectivity index (χ4v) is 3.37. The van der Waals surface area contributed by atoms with Crippen LogP contribution < -0.4 is 5.32 Å². The van der Waals surface area contributed by atoms with Gasteiger partial charge in [-0.3, -0.25) is 10.1 Å². The third-order valence-corrected chi connectivity index (χ3v) is 4.58. The Kier molecular flexibility index (Phi) is 4.26. The van der Waals surface area contributed by atoms with E-state index in [0.717, 1.165) is 22.4 Å². The van der Waals surface area contributed by atoms with Gasteiger partial charge in [0.2, 0.25) is 5.95 Å². The average Bonchev–Trinajstić information content (AvgIpc) is 3.22. The first-order chi connectivity index (χ1) is 13.3. The van der Waals surface area contributed by atoms with Crippen molar-refractivity contribution in [2.24, 2.45) is 0 Å². The lowest BCUT2D eigenvalue weighted by Gasteiger charge is -2.24. The fourth-order valence-electron chi connectivity index (χ4n) is 3.37. The number of carbonyl (C=O) groups is 1. The van der Waals surface area contributed by atoms with Gasteiger partial charge in [-0.05, 0) is 58.0 Å². The first-order valence-electron chi connectivity index (χ1n) is 9.26. The Morgan fingerprint density at radius 1 is 1.00 bits per heavy atom. The molecule has 0 fully saturated rings. The standard InChI is InChI=1S/C22H23N5O/c1-15-14-18(25-27(15)16-10-6-5-7-11-16)20(28)24-21-23-17-12-8-9-13-19(17)26(21)22(2,3)4/h5-14H,1-4H3,(H,23,24,28). The number of nitrogens with one attached hydrogen (secondary N) is 1. The van der Waals surface area contributed by atoms with Crippen molar-refractivity contribution in [2.75, 3.05) is 5.32 Å². The molecule has 0 saturated heterocycles. The smallest absolute Gasteiger partial charge is 0.278 e. The SMILES string of the molecule is Cc1cc(C(=O)Nc2nc3ccccc3n2C(C)(C)C)nn1-c1ccccc1. The van der Waals surface area contributed by atoms with Gasteiger partial charge in [0, 0.05) is 11.2 Å². The van der Waals surface area contributed by atoms with Crippen LogP contribution in [0.5, 0.6) is 0 Å². The maximum atomic E-state index is 12.9. The molecule has 0 aliphatic heterocycles. The molecule has 0 spiro atoms. The lowest BCUT2D eigenvalue weighted by atomic mass is 10.1. The van der Waals surface area contributed by atoms with E-state index in [1.54, 1.807) is 10.7 Å². The maximum Gasteiger partial charge on any atom is 0.278 e. The summed E-state index contributed by atoms with van der Waals surface area (Å²) in [6.07, 6.45) is 0. The Morgan fingerprint density at radius 2 is 1.68 bits per heavy atom. The van der Waals surface area contributed by atoms with Crippen LogP contribution in [0.3, 0.4) is 0 Å². The third-order valence-electron chi connectivity index (χ3n) is 4.58. The fraction of sp³-hybridized carbons (Fsp3) is 0.227. The number of imidazole rings is 1. The Morgan fingerprint density at radius 3 is 2.39 bits per heavy atom. The van der Waals surface area contributed by atoms with E-state index in [2.05, 4.69) is 36.2 Å². The van der Waals surface area contributed by atoms with Crippen molar-refractivity contribution in [3.63, 3.8) is 0 Å². The minimum atomic E-state index is -0.279. The molecule has 0 atom stereocenters. The predicted molar refractivity (Wildman–Crippen MR) is 111 cm³/mol. The van der Waals surface area contributed by atoms with Gasteiger partial charge in [-0.15, -0.1) is 0 Å². The second-order valence-corrected chi connectivity index (χ2v) is 7.80. The van der Waals surface area contributed by atoms with Crippen LogP contribution in [0.25, 0.3) is 16.7 Å². The Hall–Kier alpha value is -3.41. The molecule has 6 nitrogen and oxygen atoms in total. The summed E-state index contributed by atoms with van der Waals surface area (Å²) in [6.45, 7) is 8.20. The second kappa shape index (κ2) is 6.64. The zero-order chi connectivity index (χ0) is 19.9. The molecule has 4 aromatic rings. The first kappa shape index (κ1) is 18.0. The average molecular weight is 373 g/mol. The van der Waals surface area contributed by atoms with Crippen molar-refractivity contribution in [2.45, 2.75) is 33.2 Å². The van der Waals surface area contributed by atoms with Crippen LogP contribution in [0.4, 0.5) is 5.95 Å². The van der Waals surface area contributed by atoms with E-state index < -0.39 is 0 Å². The molecule has 0 aliphatic carbocycles. The molecule has 0 saturated carbocycles. The molecular weight excluding hydrogens is 350 g/mol. The van der Waals surface area contributed by atoms with Gasteiger partial charge < -0.3 is 4.57 Å². The molecule has 0 radical (unpaired) electrons. The normalized spacial score (nSPS) is 11.7. The predicted octanol–water partition coefficient (Wildman–Crippen LogP) is 4.54. The summed E-state index contributed by atoms with van der Waals surface area (Å²) >= 11 is 0. The number of hydrogen-bond acceptors (Lipinski definition) is 3. The Labute approximate surface area is 163 Å². The molecule has 0 bridgehead atoms. The van der Waals surface area contributed by atoms with Crippen LogP contribution >= 0.6 is 0 Å². The highest BCUT2D eigenvalue weighted by Crippen LogP contribution is 2.28. The molecule has 0 aliphatic rings. The summed E-state index contributed by atoms with van der Waals surface area (Å²) in [7, 11) is 0. The number of fused-ring (bicyclic) bond motifs is 1. The summed E-state index contributed by atoms with van der Waals surface area (Å²) < 4.78 is 3.81. The molecule has 4 rings (SSSR count). The van der Waals surface area contributed by atoms with Gasteiger partial charge in [0.25, 0.3) is 5.91 Å². The molecule has 0 unspecified atom stereocenters. The Balaban J connectivity index is 1.70. The second-order valence-electron chi connectivity index (χ2n) is 7.80. The van der Waals surface area contributed by atoms with Gasteiger partial charge in [0.1, 0.15) is 0 Å². The first-order valence-corrected chi connectivity index (χ1v) is 9.26. The molecule has 28 heavy (non-hydrogen) atoms. The number of hydrogen-bond donors (Lipinski definition) is 1.